The average molecular weight is 301 g/mol. The second kappa shape index (κ2) is 5.02. The first kappa shape index (κ1) is 13.9. The van der Waals surface area contributed by atoms with Gasteiger partial charge in [0.05, 0.1) is 0 Å². The molecule has 0 bridgehead atoms. The Bertz CT molecular complexity index is 443. The third kappa shape index (κ3) is 3.68. The van der Waals surface area contributed by atoms with Gasteiger partial charge in [-0.15, -0.1) is 0 Å². The van der Waals surface area contributed by atoms with Crippen LogP contribution in [0.25, 0.3) is 0 Å². The van der Waals surface area contributed by atoms with Gasteiger partial charge in [-0.1, -0.05) is 0 Å². The maximum atomic E-state index is 11.4. The van der Waals surface area contributed by atoms with E-state index in [1.165, 1.54) is 4.44 Å². The van der Waals surface area contributed by atoms with Crippen LogP contribution in [-0.2, 0) is 5.41 Å². The molecule has 6 heteroatoms. The molecule has 0 aliphatic rings. The topological polar surface area (TPSA) is 71.1 Å². The van der Waals surface area contributed by atoms with E-state index in [4.69, 9.17) is 5.73 Å². The van der Waals surface area contributed by atoms with Crippen LogP contribution in [0.4, 0.5) is 5.69 Å². The summed E-state index contributed by atoms with van der Waals surface area (Å²) in [6.45, 7) is 6.35. The predicted molar refractivity (Wildman–Crippen MR) is 68.8 cm³/mol. The maximum absolute atomic E-state index is 11.4. The van der Waals surface area contributed by atoms with Crippen LogP contribution in [0.2, 0.25) is 0 Å². The van der Waals surface area contributed by atoms with E-state index in [0.717, 1.165) is 0 Å². The fraction of sp³-hybridized carbons (Fsp3) is 0.545. The first-order valence-electron chi connectivity index (χ1n) is 5.25. The minimum absolute atomic E-state index is 0.0370. The van der Waals surface area contributed by atoms with E-state index >= 15 is 0 Å². The molecule has 0 aromatic carbocycles. The second-order valence-electron chi connectivity index (χ2n) is 4.98. The molecule has 0 aliphatic heterocycles. The van der Waals surface area contributed by atoms with Gasteiger partial charge >= 0.3 is 107 Å². The van der Waals surface area contributed by atoms with Gasteiger partial charge in [0, 0.05) is 0 Å². The molecule has 0 saturated heterocycles. The summed E-state index contributed by atoms with van der Waals surface area (Å²) in [5, 5.41) is 9.56. The molecule has 0 aliphatic carbocycles. The van der Waals surface area contributed by atoms with E-state index in [9.17, 15) is 4.79 Å². The molecule has 1 aromatic heterocycles. The van der Waals surface area contributed by atoms with Crippen LogP contribution in [0.5, 0.6) is 0 Å². The van der Waals surface area contributed by atoms with E-state index in [-0.39, 0.29) is 19.9 Å². The number of amides is 1. The van der Waals surface area contributed by atoms with E-state index in [2.05, 4.69) is 31.1 Å². The summed E-state index contributed by atoms with van der Waals surface area (Å²) in [6, 6.07) is 1.94. The van der Waals surface area contributed by atoms with Crippen molar-refractivity contribution in [3.8, 4) is 0 Å². The van der Waals surface area contributed by atoms with Gasteiger partial charge in [-0.25, -0.2) is 0 Å². The number of nitrogens with two attached hydrogens (primary N) is 1. The Labute approximate surface area is 107 Å². The molecule has 94 valence electrons. The molecule has 1 amide bonds. The zero-order valence-corrected chi connectivity index (χ0v) is 12.5. The van der Waals surface area contributed by atoms with Crippen LogP contribution < -0.4 is 5.73 Å². The Hall–Kier alpha value is -1.13. The van der Waals surface area contributed by atoms with Gasteiger partial charge in [0.15, 0.2) is 0 Å². The van der Waals surface area contributed by atoms with Crippen LogP contribution in [0.15, 0.2) is 16.4 Å². The Morgan fingerprint density at radius 2 is 2.00 bits per heavy atom. The zero-order valence-electron chi connectivity index (χ0n) is 10.8. The standard InChI is InChI=1S/C11H18N4OSe/c1-11(2,3)8-6-7(13-14-15(4)5)9(17-8)10(12)16/h6H,1-5H3,(H2,12,16)/b14-13+. The third-order valence-corrected chi connectivity index (χ3v) is 5.29. The van der Waals surface area contributed by atoms with E-state index in [1.807, 2.05) is 6.07 Å². The van der Waals surface area contributed by atoms with Crippen molar-refractivity contribution >= 4 is 26.1 Å². The average Bonchev–Trinajstić information content (AvgIpc) is 2.57. The molecule has 0 radical (unpaired) electrons. The first-order valence-corrected chi connectivity index (χ1v) is 6.96. The normalized spacial score (nSPS) is 12.1. The van der Waals surface area contributed by atoms with E-state index < -0.39 is 5.91 Å². The van der Waals surface area contributed by atoms with Gasteiger partial charge < -0.3 is 0 Å². The number of nitrogens with zero attached hydrogens (tertiary/aromatic N) is 3. The summed E-state index contributed by atoms with van der Waals surface area (Å²) in [5.41, 5.74) is 6.02. The zero-order chi connectivity index (χ0) is 13.2. The van der Waals surface area contributed by atoms with Crippen LogP contribution in [0.3, 0.4) is 0 Å². The number of primary amides is 1. The first-order chi connectivity index (χ1) is 7.71. The fourth-order valence-electron chi connectivity index (χ4n) is 1.14. The fourth-order valence-corrected chi connectivity index (χ4v) is 3.24. The van der Waals surface area contributed by atoms with E-state index in [1.54, 1.807) is 19.1 Å². The Morgan fingerprint density at radius 1 is 1.41 bits per heavy atom. The summed E-state index contributed by atoms with van der Waals surface area (Å²) in [5.74, 6) is -0.395. The second-order valence-corrected chi connectivity index (χ2v) is 7.18. The van der Waals surface area contributed by atoms with Gasteiger partial charge in [0.2, 0.25) is 0 Å². The molecule has 0 saturated carbocycles. The summed E-state index contributed by atoms with van der Waals surface area (Å²) in [4.78, 5) is 11.4. The summed E-state index contributed by atoms with van der Waals surface area (Å²) >= 11 is -0.0370. The van der Waals surface area contributed by atoms with Crippen molar-refractivity contribution in [3.05, 3.63) is 14.9 Å². The predicted octanol–water partition coefficient (Wildman–Crippen LogP) is 1.70. The Morgan fingerprint density at radius 3 is 2.41 bits per heavy atom. The molecule has 0 unspecified atom stereocenters. The van der Waals surface area contributed by atoms with Crippen LogP contribution >= 0.6 is 0 Å². The SMILES string of the molecule is CN(C)/N=N/c1cc(C(C)(C)C)[se]c1C(N)=O. The van der Waals surface area contributed by atoms with Crippen molar-refractivity contribution in [2.75, 3.05) is 14.1 Å². The molecule has 0 spiro atoms. The minimum atomic E-state index is -0.395. The van der Waals surface area contributed by atoms with Gasteiger partial charge in [0.25, 0.3) is 0 Å². The summed E-state index contributed by atoms with van der Waals surface area (Å²) in [6.07, 6.45) is 0. The quantitative estimate of drug-likeness (QED) is 0.524. The van der Waals surface area contributed by atoms with Crippen LogP contribution in [0, 0.1) is 0 Å². The molecule has 2 N–H and O–H groups in total. The van der Waals surface area contributed by atoms with Gasteiger partial charge in [0.1, 0.15) is 0 Å². The van der Waals surface area contributed by atoms with Crippen molar-refractivity contribution in [1.82, 2.24) is 5.01 Å². The molecule has 5 nitrogen and oxygen atoms in total. The summed E-state index contributed by atoms with van der Waals surface area (Å²) < 4.78 is 1.82. The van der Waals surface area contributed by atoms with Crippen molar-refractivity contribution in [3.63, 3.8) is 0 Å². The van der Waals surface area contributed by atoms with Crippen molar-refractivity contribution < 1.29 is 4.79 Å². The molecule has 0 fully saturated rings. The van der Waals surface area contributed by atoms with Crippen molar-refractivity contribution in [1.29, 1.82) is 0 Å². The third-order valence-electron chi connectivity index (χ3n) is 2.01. The molecule has 1 heterocycles. The summed E-state index contributed by atoms with van der Waals surface area (Å²) in [7, 11) is 3.56. The van der Waals surface area contributed by atoms with Crippen molar-refractivity contribution in [2.24, 2.45) is 16.1 Å². The monoisotopic (exact) mass is 302 g/mol. The number of carbonyl (C=O) groups is 1. The Balaban J connectivity index is 3.19. The molecule has 17 heavy (non-hydrogen) atoms. The van der Waals surface area contributed by atoms with Gasteiger partial charge in [-0.2, -0.15) is 0 Å². The number of carbonyl (C=O) groups excluding carboxylic acids is 1. The van der Waals surface area contributed by atoms with Crippen molar-refractivity contribution in [2.45, 2.75) is 26.2 Å². The van der Waals surface area contributed by atoms with Crippen LogP contribution in [0.1, 0.15) is 34.4 Å². The van der Waals surface area contributed by atoms with Gasteiger partial charge in [-0.3, -0.25) is 0 Å². The number of hydrogen-bond donors (Lipinski definition) is 1. The molecule has 0 atom stereocenters. The van der Waals surface area contributed by atoms with E-state index in [0.29, 0.717) is 10.1 Å². The molecular formula is C11H18N4OSe. The van der Waals surface area contributed by atoms with Crippen LogP contribution in [-0.4, -0.2) is 39.5 Å². The molecule has 1 aromatic rings. The number of hydrogen-bond acceptors (Lipinski definition) is 3. The molecule has 1 rings (SSSR count). The van der Waals surface area contributed by atoms with Gasteiger partial charge in [-0.05, 0) is 0 Å². The Kier molecular flexibility index (Phi) is 4.11. The number of rotatable bonds is 3. The molecular weight excluding hydrogens is 283 g/mol.